The first kappa shape index (κ1) is 13.9. The van der Waals surface area contributed by atoms with E-state index >= 15 is 0 Å². The van der Waals surface area contributed by atoms with E-state index in [4.69, 9.17) is 0 Å². The molecule has 20 heavy (non-hydrogen) atoms. The summed E-state index contributed by atoms with van der Waals surface area (Å²) in [5, 5.41) is 5.97. The summed E-state index contributed by atoms with van der Waals surface area (Å²) in [6.45, 7) is 2.87. The molecule has 0 aliphatic carbocycles. The molecule has 4 heteroatoms. The number of carbonyl (C=O) groups excluding carboxylic acids is 1. The van der Waals surface area contributed by atoms with E-state index in [0.29, 0.717) is 5.69 Å². The average Bonchev–Trinajstić information content (AvgIpc) is 2.48. The van der Waals surface area contributed by atoms with E-state index in [-0.39, 0.29) is 0 Å². The third-order valence-corrected chi connectivity index (χ3v) is 3.06. The molecule has 0 fully saturated rings. The maximum absolute atomic E-state index is 11.1. The Balaban J connectivity index is 1.94. The number of benzene rings is 2. The smallest absolute Gasteiger partial charge is 0.411 e. The Hall–Kier alpha value is -2.49. The molecule has 0 atom stereocenters. The number of aryl methyl sites for hydroxylation is 1. The van der Waals surface area contributed by atoms with E-state index in [2.05, 4.69) is 34.4 Å². The Bertz CT molecular complexity index is 579. The molecular weight excluding hydrogens is 252 g/mol. The summed E-state index contributed by atoms with van der Waals surface area (Å²) < 4.78 is 4.54. The molecule has 0 radical (unpaired) electrons. The molecule has 2 aromatic carbocycles. The predicted molar refractivity (Wildman–Crippen MR) is 81.0 cm³/mol. The van der Waals surface area contributed by atoms with E-state index < -0.39 is 6.09 Å². The molecule has 0 spiro atoms. The lowest BCUT2D eigenvalue weighted by Gasteiger charge is -2.10. The maximum atomic E-state index is 11.1. The summed E-state index contributed by atoms with van der Waals surface area (Å²) in [5.41, 5.74) is 4.25. The van der Waals surface area contributed by atoms with Crippen LogP contribution in [0.3, 0.4) is 0 Å². The zero-order valence-electron chi connectivity index (χ0n) is 11.6. The van der Waals surface area contributed by atoms with Gasteiger partial charge in [-0.25, -0.2) is 4.79 Å². The molecule has 1 amide bonds. The number of nitrogens with one attached hydrogen (secondary N) is 2. The fourth-order valence-electron chi connectivity index (χ4n) is 1.85. The maximum Gasteiger partial charge on any atom is 0.411 e. The molecular formula is C16H18N2O2. The lowest BCUT2D eigenvalue weighted by atomic mass is 10.1. The van der Waals surface area contributed by atoms with Crippen molar-refractivity contribution < 1.29 is 9.53 Å². The van der Waals surface area contributed by atoms with Gasteiger partial charge in [-0.15, -0.1) is 0 Å². The number of anilines is 2. The Morgan fingerprint density at radius 1 is 1.05 bits per heavy atom. The summed E-state index contributed by atoms with van der Waals surface area (Å²) in [6, 6.07) is 15.8. The molecule has 0 heterocycles. The zero-order valence-corrected chi connectivity index (χ0v) is 11.6. The Morgan fingerprint density at radius 3 is 2.35 bits per heavy atom. The standard InChI is InChI=1S/C16H18N2O2/c1-12-5-3-4-6-13(12)11-17-14-7-9-15(10-8-14)18-16(19)20-2/h3-10,17H,11H2,1-2H3,(H,18,19). The van der Waals surface area contributed by atoms with Gasteiger partial charge in [-0.1, -0.05) is 24.3 Å². The second-order valence-electron chi connectivity index (χ2n) is 4.47. The lowest BCUT2D eigenvalue weighted by molar-refractivity contribution is 0.187. The van der Waals surface area contributed by atoms with Crippen LogP contribution < -0.4 is 10.6 Å². The number of methoxy groups -OCH3 is 1. The minimum Gasteiger partial charge on any atom is -0.453 e. The van der Waals surface area contributed by atoms with Crippen molar-refractivity contribution in [2.75, 3.05) is 17.7 Å². The van der Waals surface area contributed by atoms with Crippen molar-refractivity contribution in [3.63, 3.8) is 0 Å². The van der Waals surface area contributed by atoms with Crippen LogP contribution in [0.2, 0.25) is 0 Å². The van der Waals surface area contributed by atoms with Gasteiger partial charge in [0.25, 0.3) is 0 Å². The lowest BCUT2D eigenvalue weighted by Crippen LogP contribution is -2.10. The monoisotopic (exact) mass is 270 g/mol. The van der Waals surface area contributed by atoms with E-state index in [1.165, 1.54) is 18.2 Å². The first-order valence-electron chi connectivity index (χ1n) is 6.42. The molecule has 0 aliphatic heterocycles. The first-order chi connectivity index (χ1) is 9.69. The topological polar surface area (TPSA) is 50.4 Å². The second kappa shape index (κ2) is 6.61. The third-order valence-electron chi connectivity index (χ3n) is 3.06. The zero-order chi connectivity index (χ0) is 14.4. The molecule has 2 N–H and O–H groups in total. The van der Waals surface area contributed by atoms with Gasteiger partial charge < -0.3 is 10.1 Å². The Morgan fingerprint density at radius 2 is 1.70 bits per heavy atom. The summed E-state index contributed by atoms with van der Waals surface area (Å²) >= 11 is 0. The molecule has 104 valence electrons. The highest BCUT2D eigenvalue weighted by molar-refractivity contribution is 5.84. The molecule has 0 aliphatic rings. The van der Waals surface area contributed by atoms with Crippen LogP contribution in [0.15, 0.2) is 48.5 Å². The van der Waals surface area contributed by atoms with Crippen molar-refractivity contribution in [3.8, 4) is 0 Å². The number of rotatable bonds is 4. The van der Waals surface area contributed by atoms with E-state index in [1.807, 2.05) is 36.4 Å². The fourth-order valence-corrected chi connectivity index (χ4v) is 1.85. The van der Waals surface area contributed by atoms with Gasteiger partial charge >= 0.3 is 6.09 Å². The highest BCUT2D eigenvalue weighted by Crippen LogP contribution is 2.15. The van der Waals surface area contributed by atoms with Gasteiger partial charge in [-0.2, -0.15) is 0 Å². The summed E-state index contributed by atoms with van der Waals surface area (Å²) in [4.78, 5) is 11.1. The molecule has 0 saturated heterocycles. The Kier molecular flexibility index (Phi) is 4.60. The number of amides is 1. The number of carbonyl (C=O) groups is 1. The van der Waals surface area contributed by atoms with Crippen molar-refractivity contribution in [1.29, 1.82) is 0 Å². The van der Waals surface area contributed by atoms with Gasteiger partial charge in [-0.05, 0) is 42.3 Å². The average molecular weight is 270 g/mol. The summed E-state index contributed by atoms with van der Waals surface area (Å²) in [7, 11) is 1.34. The van der Waals surface area contributed by atoms with Crippen molar-refractivity contribution in [2.24, 2.45) is 0 Å². The predicted octanol–water partition coefficient (Wildman–Crippen LogP) is 3.79. The molecule has 0 aromatic heterocycles. The quantitative estimate of drug-likeness (QED) is 0.888. The van der Waals surface area contributed by atoms with Gasteiger partial charge in [0.05, 0.1) is 7.11 Å². The van der Waals surface area contributed by atoms with Crippen molar-refractivity contribution in [1.82, 2.24) is 0 Å². The van der Waals surface area contributed by atoms with E-state index in [0.717, 1.165) is 12.2 Å². The van der Waals surface area contributed by atoms with E-state index in [9.17, 15) is 4.79 Å². The van der Waals surface area contributed by atoms with Crippen LogP contribution in [0.4, 0.5) is 16.2 Å². The number of ether oxygens (including phenoxy) is 1. The van der Waals surface area contributed by atoms with Crippen LogP contribution in [-0.4, -0.2) is 13.2 Å². The number of hydrogen-bond acceptors (Lipinski definition) is 3. The minimum atomic E-state index is -0.467. The van der Waals surface area contributed by atoms with Crippen molar-refractivity contribution >= 4 is 17.5 Å². The summed E-state index contributed by atoms with van der Waals surface area (Å²) in [6.07, 6.45) is -0.467. The van der Waals surface area contributed by atoms with Gasteiger partial charge in [0.1, 0.15) is 0 Å². The van der Waals surface area contributed by atoms with Gasteiger partial charge in [0, 0.05) is 17.9 Å². The van der Waals surface area contributed by atoms with Crippen LogP contribution in [0.1, 0.15) is 11.1 Å². The van der Waals surface area contributed by atoms with Crippen LogP contribution in [0.25, 0.3) is 0 Å². The van der Waals surface area contributed by atoms with Crippen LogP contribution in [0.5, 0.6) is 0 Å². The normalized spacial score (nSPS) is 9.90. The molecule has 0 saturated carbocycles. The van der Waals surface area contributed by atoms with E-state index in [1.54, 1.807) is 0 Å². The highest BCUT2D eigenvalue weighted by Gasteiger charge is 2.01. The molecule has 0 unspecified atom stereocenters. The minimum absolute atomic E-state index is 0.467. The number of hydrogen-bond donors (Lipinski definition) is 2. The Labute approximate surface area is 118 Å². The van der Waals surface area contributed by atoms with Gasteiger partial charge in [0.15, 0.2) is 0 Å². The van der Waals surface area contributed by atoms with Crippen molar-refractivity contribution in [3.05, 3.63) is 59.7 Å². The van der Waals surface area contributed by atoms with Crippen LogP contribution in [0, 0.1) is 6.92 Å². The molecule has 2 aromatic rings. The molecule has 4 nitrogen and oxygen atoms in total. The summed E-state index contributed by atoms with van der Waals surface area (Å²) in [5.74, 6) is 0. The van der Waals surface area contributed by atoms with Crippen LogP contribution in [-0.2, 0) is 11.3 Å². The molecule has 0 bridgehead atoms. The fraction of sp³-hybridized carbons (Fsp3) is 0.188. The third kappa shape index (κ3) is 3.75. The molecule has 2 rings (SSSR count). The van der Waals surface area contributed by atoms with Gasteiger partial charge in [-0.3, -0.25) is 5.32 Å². The highest BCUT2D eigenvalue weighted by atomic mass is 16.5. The largest absolute Gasteiger partial charge is 0.453 e. The van der Waals surface area contributed by atoms with Crippen molar-refractivity contribution in [2.45, 2.75) is 13.5 Å². The first-order valence-corrected chi connectivity index (χ1v) is 6.42. The van der Waals surface area contributed by atoms with Gasteiger partial charge in [0.2, 0.25) is 0 Å². The second-order valence-corrected chi connectivity index (χ2v) is 4.47. The van der Waals surface area contributed by atoms with Crippen LogP contribution >= 0.6 is 0 Å². The SMILES string of the molecule is COC(=O)Nc1ccc(NCc2ccccc2C)cc1.